The molecule has 1 aromatic carbocycles. The predicted molar refractivity (Wildman–Crippen MR) is 148 cm³/mol. The normalized spacial score (nSPS) is 18.3. The van der Waals surface area contributed by atoms with Gasteiger partial charge in [-0.2, -0.15) is 4.37 Å². The van der Waals surface area contributed by atoms with E-state index < -0.39 is 29.6 Å². The van der Waals surface area contributed by atoms with Crippen molar-refractivity contribution in [1.29, 1.82) is 0 Å². The van der Waals surface area contributed by atoms with Gasteiger partial charge in [0, 0.05) is 24.9 Å². The van der Waals surface area contributed by atoms with Crippen LogP contribution in [0.2, 0.25) is 0 Å². The summed E-state index contributed by atoms with van der Waals surface area (Å²) >= 11 is 0.759. The summed E-state index contributed by atoms with van der Waals surface area (Å²) in [4.78, 5) is 41.8. The summed E-state index contributed by atoms with van der Waals surface area (Å²) in [5.74, 6) is -2.14. The van der Waals surface area contributed by atoms with Crippen molar-refractivity contribution in [3.8, 4) is 0 Å². The number of amides is 3. The number of ether oxygens (including phenoxy) is 1. The van der Waals surface area contributed by atoms with Gasteiger partial charge >= 0.3 is 0 Å². The molecule has 1 aliphatic carbocycles. The standard InChI is InChI=1S/C28H32FN5O5S/c29-17-7-4-10-19(15-17)34(24(21-12-6-14-39-21)27(36)31-16-20-11-5-13-38-20)28(37)25-22(30)23(33-40-25)26(35)32-18-8-2-1-3-9-18/h4,6-7,10,12,14-15,18,20,24H,1-3,5,8-9,11,13,16,30H2,(H,31,36)(H,32,35)/t20-,24+/m1/s1. The highest BCUT2D eigenvalue weighted by Crippen LogP contribution is 2.34. The Hall–Kier alpha value is -3.77. The number of halogens is 1. The summed E-state index contributed by atoms with van der Waals surface area (Å²) in [6, 6.07) is 7.22. The number of anilines is 2. The maximum Gasteiger partial charge on any atom is 0.273 e. The van der Waals surface area contributed by atoms with Crippen LogP contribution in [0.25, 0.3) is 0 Å². The van der Waals surface area contributed by atoms with Gasteiger partial charge in [0.05, 0.1) is 18.1 Å². The minimum Gasteiger partial charge on any atom is -0.467 e. The second-order valence-corrected chi connectivity index (χ2v) is 10.8. The van der Waals surface area contributed by atoms with Gasteiger partial charge in [-0.15, -0.1) is 0 Å². The fraction of sp³-hybridized carbons (Fsp3) is 0.429. The average Bonchev–Trinajstić information content (AvgIpc) is 3.73. The van der Waals surface area contributed by atoms with Crippen molar-refractivity contribution in [2.75, 3.05) is 23.8 Å². The van der Waals surface area contributed by atoms with Gasteiger partial charge in [0.25, 0.3) is 17.7 Å². The number of nitrogen functional groups attached to an aromatic ring is 1. The van der Waals surface area contributed by atoms with Crippen LogP contribution in [0.15, 0.2) is 47.1 Å². The molecule has 1 saturated heterocycles. The molecule has 3 amide bonds. The molecule has 10 nitrogen and oxygen atoms in total. The van der Waals surface area contributed by atoms with Gasteiger partial charge < -0.3 is 25.5 Å². The quantitative estimate of drug-likeness (QED) is 0.351. The lowest BCUT2D eigenvalue weighted by atomic mass is 9.95. The molecule has 0 bridgehead atoms. The molecule has 0 radical (unpaired) electrons. The smallest absolute Gasteiger partial charge is 0.273 e. The molecule has 1 saturated carbocycles. The molecule has 1 aliphatic heterocycles. The third kappa shape index (κ3) is 6.18. The van der Waals surface area contributed by atoms with E-state index in [4.69, 9.17) is 14.9 Å². The van der Waals surface area contributed by atoms with E-state index in [2.05, 4.69) is 15.0 Å². The Morgan fingerprint density at radius 1 is 1.12 bits per heavy atom. The lowest BCUT2D eigenvalue weighted by Gasteiger charge is -2.30. The molecular formula is C28H32FN5O5S. The molecule has 4 N–H and O–H groups in total. The fourth-order valence-electron chi connectivity index (χ4n) is 5.17. The number of nitrogens with zero attached hydrogens (tertiary/aromatic N) is 2. The van der Waals surface area contributed by atoms with Crippen LogP contribution in [0.1, 0.15) is 76.9 Å². The van der Waals surface area contributed by atoms with Crippen LogP contribution < -0.4 is 21.3 Å². The van der Waals surface area contributed by atoms with E-state index in [0.717, 1.165) is 67.4 Å². The highest BCUT2D eigenvalue weighted by Gasteiger charge is 2.38. The van der Waals surface area contributed by atoms with Gasteiger partial charge in [-0.3, -0.25) is 19.3 Å². The highest BCUT2D eigenvalue weighted by molar-refractivity contribution is 7.09. The molecule has 3 heterocycles. The molecule has 2 fully saturated rings. The summed E-state index contributed by atoms with van der Waals surface area (Å²) in [7, 11) is 0. The Kier molecular flexibility index (Phi) is 8.75. The second kappa shape index (κ2) is 12.6. The number of aromatic nitrogens is 1. The van der Waals surface area contributed by atoms with Gasteiger partial charge in [-0.25, -0.2) is 4.39 Å². The van der Waals surface area contributed by atoms with Crippen molar-refractivity contribution in [3.63, 3.8) is 0 Å². The molecule has 5 rings (SSSR count). The van der Waals surface area contributed by atoms with E-state index in [1.807, 2.05) is 0 Å². The largest absolute Gasteiger partial charge is 0.467 e. The molecule has 2 aromatic heterocycles. The first-order valence-corrected chi connectivity index (χ1v) is 14.3. The van der Waals surface area contributed by atoms with Crippen molar-refractivity contribution in [1.82, 2.24) is 15.0 Å². The lowest BCUT2D eigenvalue weighted by molar-refractivity contribution is -0.123. The van der Waals surface area contributed by atoms with Crippen LogP contribution in [0.4, 0.5) is 15.8 Å². The molecular weight excluding hydrogens is 537 g/mol. The van der Waals surface area contributed by atoms with Crippen LogP contribution >= 0.6 is 11.5 Å². The maximum atomic E-state index is 14.4. The second-order valence-electron chi connectivity index (χ2n) is 10.0. The topological polar surface area (TPSA) is 140 Å². The Bertz CT molecular complexity index is 1330. The van der Waals surface area contributed by atoms with E-state index in [9.17, 15) is 18.8 Å². The van der Waals surface area contributed by atoms with E-state index in [1.165, 1.54) is 24.5 Å². The first-order chi connectivity index (χ1) is 19.4. The Morgan fingerprint density at radius 2 is 1.95 bits per heavy atom. The van der Waals surface area contributed by atoms with Gasteiger partial charge in [-0.05, 0) is 67.5 Å². The minimum atomic E-state index is -1.30. The van der Waals surface area contributed by atoms with Crippen LogP contribution in [0, 0.1) is 5.82 Å². The molecule has 12 heteroatoms. The summed E-state index contributed by atoms with van der Waals surface area (Å²) in [6.45, 7) is 0.868. The number of furan rings is 1. The van der Waals surface area contributed by atoms with Crippen molar-refractivity contribution >= 4 is 40.6 Å². The van der Waals surface area contributed by atoms with Crippen molar-refractivity contribution in [3.05, 3.63) is 64.8 Å². The molecule has 0 unspecified atom stereocenters. The number of carbonyl (C=O) groups is 3. The average molecular weight is 570 g/mol. The van der Waals surface area contributed by atoms with Crippen LogP contribution in [-0.2, 0) is 9.53 Å². The van der Waals surface area contributed by atoms with Crippen molar-refractivity contribution in [2.45, 2.75) is 63.1 Å². The number of nitrogens with two attached hydrogens (primary N) is 1. The number of rotatable bonds is 9. The molecule has 3 aromatic rings. The van der Waals surface area contributed by atoms with E-state index >= 15 is 0 Å². The first-order valence-electron chi connectivity index (χ1n) is 13.5. The molecule has 40 heavy (non-hydrogen) atoms. The third-order valence-corrected chi connectivity index (χ3v) is 8.08. The predicted octanol–water partition coefficient (Wildman–Crippen LogP) is 4.20. The zero-order chi connectivity index (χ0) is 28.1. The number of benzene rings is 1. The van der Waals surface area contributed by atoms with Crippen LogP contribution in [-0.4, -0.2) is 47.4 Å². The zero-order valence-corrected chi connectivity index (χ0v) is 22.8. The Morgan fingerprint density at radius 3 is 2.65 bits per heavy atom. The SMILES string of the molecule is Nc1c(C(=O)NC2CCCCC2)nsc1C(=O)N(c1cccc(F)c1)[C@H](C(=O)NC[C@H]1CCCO1)c1ccco1. The van der Waals surface area contributed by atoms with Crippen molar-refractivity contribution in [2.24, 2.45) is 0 Å². The number of hydrogen-bond acceptors (Lipinski definition) is 8. The van der Waals surface area contributed by atoms with E-state index in [1.54, 1.807) is 12.1 Å². The van der Waals surface area contributed by atoms with Gasteiger partial charge in [0.15, 0.2) is 11.7 Å². The number of carbonyl (C=O) groups excluding carboxylic acids is 3. The summed E-state index contributed by atoms with van der Waals surface area (Å²) in [6.07, 6.45) is 7.92. The number of hydrogen-bond donors (Lipinski definition) is 3. The van der Waals surface area contributed by atoms with Gasteiger partial charge in [0.2, 0.25) is 0 Å². The fourth-order valence-corrected chi connectivity index (χ4v) is 5.91. The zero-order valence-electron chi connectivity index (χ0n) is 21.9. The van der Waals surface area contributed by atoms with Crippen molar-refractivity contribution < 1.29 is 27.9 Å². The Labute approximate surface area is 235 Å². The molecule has 0 spiro atoms. The van der Waals surface area contributed by atoms with Gasteiger partial charge in [0.1, 0.15) is 16.5 Å². The third-order valence-electron chi connectivity index (χ3n) is 7.23. The molecule has 2 atom stereocenters. The molecule has 212 valence electrons. The monoisotopic (exact) mass is 569 g/mol. The van der Waals surface area contributed by atoms with E-state index in [0.29, 0.717) is 6.61 Å². The number of nitrogens with one attached hydrogen (secondary N) is 2. The lowest BCUT2D eigenvalue weighted by Crippen LogP contribution is -2.45. The van der Waals surface area contributed by atoms with Crippen LogP contribution in [0.3, 0.4) is 0 Å². The minimum absolute atomic E-state index is 0.0289. The highest BCUT2D eigenvalue weighted by atomic mass is 32.1. The van der Waals surface area contributed by atoms with Gasteiger partial charge in [-0.1, -0.05) is 25.3 Å². The van der Waals surface area contributed by atoms with Crippen LogP contribution in [0.5, 0.6) is 0 Å². The summed E-state index contributed by atoms with van der Waals surface area (Å²) < 4.78 is 29.8. The molecule has 2 aliphatic rings. The van der Waals surface area contributed by atoms with E-state index in [-0.39, 0.29) is 46.4 Å². The Balaban J connectivity index is 1.47. The summed E-state index contributed by atoms with van der Waals surface area (Å²) in [5.41, 5.74) is 6.29. The maximum absolute atomic E-state index is 14.4. The first kappa shape index (κ1) is 27.8. The summed E-state index contributed by atoms with van der Waals surface area (Å²) in [5, 5.41) is 5.81.